The maximum atomic E-state index is 11.9. The SMILES string of the molecule is O=C(NC1CCCc2ccccc21)N1CCC1. The Morgan fingerprint density at radius 2 is 2.06 bits per heavy atom. The Bertz CT molecular complexity index is 426. The predicted molar refractivity (Wildman–Crippen MR) is 66.8 cm³/mol. The van der Waals surface area contributed by atoms with Gasteiger partial charge in [-0.1, -0.05) is 24.3 Å². The number of fused-ring (bicyclic) bond motifs is 1. The van der Waals surface area contributed by atoms with Crippen molar-refractivity contribution in [2.75, 3.05) is 13.1 Å². The molecule has 1 N–H and O–H groups in total. The van der Waals surface area contributed by atoms with E-state index in [2.05, 4.69) is 29.6 Å². The minimum Gasteiger partial charge on any atom is -0.331 e. The lowest BCUT2D eigenvalue weighted by atomic mass is 9.88. The van der Waals surface area contributed by atoms with E-state index in [1.807, 2.05) is 4.90 Å². The van der Waals surface area contributed by atoms with Gasteiger partial charge in [-0.05, 0) is 36.8 Å². The monoisotopic (exact) mass is 230 g/mol. The van der Waals surface area contributed by atoms with E-state index >= 15 is 0 Å². The number of likely N-dealkylation sites (tertiary alicyclic amines) is 1. The standard InChI is InChI=1S/C14H18N2O/c17-14(16-9-4-10-16)15-13-8-3-6-11-5-1-2-7-12(11)13/h1-2,5,7,13H,3-4,6,8-10H2,(H,15,17). The quantitative estimate of drug-likeness (QED) is 0.789. The van der Waals surface area contributed by atoms with Crippen molar-refractivity contribution < 1.29 is 4.79 Å². The van der Waals surface area contributed by atoms with Gasteiger partial charge in [0.1, 0.15) is 0 Å². The van der Waals surface area contributed by atoms with E-state index < -0.39 is 0 Å². The molecular weight excluding hydrogens is 212 g/mol. The number of hydrogen-bond donors (Lipinski definition) is 1. The molecule has 3 nitrogen and oxygen atoms in total. The Morgan fingerprint density at radius 1 is 1.24 bits per heavy atom. The second kappa shape index (κ2) is 4.40. The van der Waals surface area contributed by atoms with Gasteiger partial charge in [0.2, 0.25) is 0 Å². The molecule has 0 radical (unpaired) electrons. The summed E-state index contributed by atoms with van der Waals surface area (Å²) in [5, 5.41) is 3.16. The summed E-state index contributed by atoms with van der Waals surface area (Å²) in [5.41, 5.74) is 2.71. The lowest BCUT2D eigenvalue weighted by molar-refractivity contribution is 0.163. The highest BCUT2D eigenvalue weighted by molar-refractivity contribution is 5.75. The number of hydrogen-bond acceptors (Lipinski definition) is 1. The van der Waals surface area contributed by atoms with E-state index in [0.717, 1.165) is 32.4 Å². The second-order valence-corrected chi connectivity index (χ2v) is 4.93. The van der Waals surface area contributed by atoms with Gasteiger partial charge in [0.05, 0.1) is 6.04 Å². The van der Waals surface area contributed by atoms with Crippen LogP contribution in [0, 0.1) is 0 Å². The first-order valence-electron chi connectivity index (χ1n) is 6.48. The first-order valence-corrected chi connectivity index (χ1v) is 6.48. The third-order valence-electron chi connectivity index (χ3n) is 3.81. The molecule has 1 aromatic carbocycles. The van der Waals surface area contributed by atoms with Crippen LogP contribution in [0.2, 0.25) is 0 Å². The van der Waals surface area contributed by atoms with E-state index in [-0.39, 0.29) is 12.1 Å². The molecule has 0 bridgehead atoms. The van der Waals surface area contributed by atoms with Gasteiger partial charge in [-0.3, -0.25) is 0 Å². The average Bonchev–Trinajstić information content (AvgIpc) is 2.27. The summed E-state index contributed by atoms with van der Waals surface area (Å²) in [6.45, 7) is 1.83. The van der Waals surface area contributed by atoms with Gasteiger partial charge in [0, 0.05) is 13.1 Å². The van der Waals surface area contributed by atoms with Crippen LogP contribution in [0.3, 0.4) is 0 Å². The largest absolute Gasteiger partial charge is 0.331 e. The molecule has 0 spiro atoms. The number of urea groups is 1. The first kappa shape index (κ1) is 10.6. The highest BCUT2D eigenvalue weighted by Gasteiger charge is 2.25. The van der Waals surface area contributed by atoms with Crippen molar-refractivity contribution in [1.29, 1.82) is 0 Å². The summed E-state index contributed by atoms with van der Waals surface area (Å²) in [7, 11) is 0. The number of rotatable bonds is 1. The van der Waals surface area contributed by atoms with Crippen LogP contribution in [0.5, 0.6) is 0 Å². The molecule has 1 aromatic rings. The molecule has 1 aliphatic carbocycles. The zero-order chi connectivity index (χ0) is 11.7. The van der Waals surface area contributed by atoms with Crippen molar-refractivity contribution in [3.05, 3.63) is 35.4 Å². The Hall–Kier alpha value is -1.51. The molecule has 1 fully saturated rings. The number of nitrogens with zero attached hydrogens (tertiary/aromatic N) is 1. The Kier molecular flexibility index (Phi) is 2.75. The van der Waals surface area contributed by atoms with Crippen molar-refractivity contribution in [1.82, 2.24) is 10.2 Å². The molecule has 90 valence electrons. The minimum absolute atomic E-state index is 0.109. The van der Waals surface area contributed by atoms with E-state index in [1.54, 1.807) is 0 Å². The van der Waals surface area contributed by atoms with Crippen LogP contribution in [0.4, 0.5) is 4.79 Å². The first-order chi connectivity index (χ1) is 8.34. The summed E-state index contributed by atoms with van der Waals surface area (Å²) in [6, 6.07) is 8.80. The molecule has 1 heterocycles. The second-order valence-electron chi connectivity index (χ2n) is 4.93. The van der Waals surface area contributed by atoms with Crippen molar-refractivity contribution >= 4 is 6.03 Å². The van der Waals surface area contributed by atoms with Crippen LogP contribution in [0.15, 0.2) is 24.3 Å². The third-order valence-corrected chi connectivity index (χ3v) is 3.81. The molecule has 17 heavy (non-hydrogen) atoms. The molecule has 2 aliphatic rings. The fourth-order valence-corrected chi connectivity index (χ4v) is 2.66. The van der Waals surface area contributed by atoms with Gasteiger partial charge < -0.3 is 10.2 Å². The summed E-state index contributed by atoms with van der Waals surface area (Å²) in [6.07, 6.45) is 4.53. The van der Waals surface area contributed by atoms with Gasteiger partial charge in [-0.2, -0.15) is 0 Å². The molecule has 3 heteroatoms. The fourth-order valence-electron chi connectivity index (χ4n) is 2.66. The van der Waals surface area contributed by atoms with Crippen LogP contribution in [-0.4, -0.2) is 24.0 Å². The molecule has 0 saturated carbocycles. The van der Waals surface area contributed by atoms with Crippen molar-refractivity contribution in [3.8, 4) is 0 Å². The normalized spacial score (nSPS) is 22.6. The number of nitrogens with one attached hydrogen (secondary N) is 1. The van der Waals surface area contributed by atoms with Crippen LogP contribution < -0.4 is 5.32 Å². The smallest absolute Gasteiger partial charge is 0.317 e. The maximum Gasteiger partial charge on any atom is 0.317 e. The predicted octanol–water partition coefficient (Wildman–Crippen LogP) is 2.48. The third kappa shape index (κ3) is 2.02. The summed E-state index contributed by atoms with van der Waals surface area (Å²) in [5.74, 6) is 0. The van der Waals surface area contributed by atoms with E-state index in [1.165, 1.54) is 17.5 Å². The van der Waals surface area contributed by atoms with Gasteiger partial charge >= 0.3 is 6.03 Å². The van der Waals surface area contributed by atoms with E-state index in [0.29, 0.717) is 0 Å². The number of aryl methyl sites for hydroxylation is 1. The van der Waals surface area contributed by atoms with Gasteiger partial charge in [-0.25, -0.2) is 4.79 Å². The Morgan fingerprint density at radius 3 is 2.82 bits per heavy atom. The van der Waals surface area contributed by atoms with Crippen molar-refractivity contribution in [2.24, 2.45) is 0 Å². The molecular formula is C14H18N2O. The summed E-state index contributed by atoms with van der Waals surface area (Å²) < 4.78 is 0. The molecule has 1 atom stereocenters. The highest BCUT2D eigenvalue weighted by Crippen LogP contribution is 2.29. The van der Waals surface area contributed by atoms with Crippen LogP contribution in [0.25, 0.3) is 0 Å². The topological polar surface area (TPSA) is 32.3 Å². The Balaban J connectivity index is 1.73. The van der Waals surface area contributed by atoms with E-state index in [9.17, 15) is 4.79 Å². The Labute approximate surface area is 102 Å². The van der Waals surface area contributed by atoms with E-state index in [4.69, 9.17) is 0 Å². The highest BCUT2D eigenvalue weighted by atomic mass is 16.2. The molecule has 2 amide bonds. The number of amides is 2. The number of carbonyl (C=O) groups excluding carboxylic acids is 1. The van der Waals surface area contributed by atoms with Crippen LogP contribution in [-0.2, 0) is 6.42 Å². The molecule has 0 aromatic heterocycles. The zero-order valence-electron chi connectivity index (χ0n) is 9.98. The van der Waals surface area contributed by atoms with Gasteiger partial charge in [-0.15, -0.1) is 0 Å². The summed E-state index contributed by atoms with van der Waals surface area (Å²) >= 11 is 0. The molecule has 1 aliphatic heterocycles. The fraction of sp³-hybridized carbons (Fsp3) is 0.500. The molecule has 1 unspecified atom stereocenters. The maximum absolute atomic E-state index is 11.9. The number of carbonyl (C=O) groups is 1. The minimum atomic E-state index is 0.109. The average molecular weight is 230 g/mol. The van der Waals surface area contributed by atoms with Crippen LogP contribution >= 0.6 is 0 Å². The van der Waals surface area contributed by atoms with Crippen molar-refractivity contribution in [2.45, 2.75) is 31.7 Å². The zero-order valence-corrected chi connectivity index (χ0v) is 9.98. The van der Waals surface area contributed by atoms with Gasteiger partial charge in [0.15, 0.2) is 0 Å². The van der Waals surface area contributed by atoms with Crippen molar-refractivity contribution in [3.63, 3.8) is 0 Å². The number of benzene rings is 1. The summed E-state index contributed by atoms with van der Waals surface area (Å²) in [4.78, 5) is 13.8. The lowest BCUT2D eigenvalue weighted by Gasteiger charge is -2.34. The van der Waals surface area contributed by atoms with Crippen LogP contribution in [0.1, 0.15) is 36.4 Å². The lowest BCUT2D eigenvalue weighted by Crippen LogP contribution is -2.49. The molecule has 1 saturated heterocycles. The molecule has 3 rings (SSSR count). The van der Waals surface area contributed by atoms with Gasteiger partial charge in [0.25, 0.3) is 0 Å².